The van der Waals surface area contributed by atoms with Crippen LogP contribution < -0.4 is 28.7 Å². The molecule has 0 spiro atoms. The molecule has 0 aromatic heterocycles. The van der Waals surface area contributed by atoms with E-state index in [2.05, 4.69) is 6.07 Å². The zero-order valence-electron chi connectivity index (χ0n) is 24.0. The van der Waals surface area contributed by atoms with Crippen LogP contribution in [0, 0.1) is 0 Å². The van der Waals surface area contributed by atoms with E-state index in [1.165, 1.54) is 22.2 Å². The Balaban J connectivity index is 1.11. The molecule has 1 saturated heterocycles. The third-order valence-corrected chi connectivity index (χ3v) is 8.81. The van der Waals surface area contributed by atoms with Crippen LogP contribution in [-0.4, -0.2) is 70.5 Å². The van der Waals surface area contributed by atoms with Crippen LogP contribution in [0.1, 0.15) is 28.4 Å². The molecular weight excluding hydrogens is 554 g/mol. The van der Waals surface area contributed by atoms with Crippen LogP contribution in [-0.2, 0) is 11.3 Å². The van der Waals surface area contributed by atoms with E-state index in [1.807, 2.05) is 66.4 Å². The second-order valence-corrected chi connectivity index (χ2v) is 11.5. The zero-order chi connectivity index (χ0) is 29.2. The van der Waals surface area contributed by atoms with E-state index < -0.39 is 0 Å². The number of nitrogens with zero attached hydrogens (tertiary/aromatic N) is 2. The van der Waals surface area contributed by atoms with Crippen LogP contribution in [0.3, 0.4) is 0 Å². The molecule has 1 fully saturated rings. The number of benzene rings is 3. The lowest BCUT2D eigenvalue weighted by Gasteiger charge is -2.33. The molecule has 6 rings (SSSR count). The first kappa shape index (κ1) is 28.0. The highest BCUT2D eigenvalue weighted by molar-refractivity contribution is 8.04. The number of fused-ring (bicyclic) bond motifs is 2. The lowest BCUT2D eigenvalue weighted by molar-refractivity contribution is -0.917. The number of quaternary nitrogens is 1. The fourth-order valence-corrected chi connectivity index (χ4v) is 6.54. The Hall–Kier alpha value is -4.15. The molecule has 42 heavy (non-hydrogen) atoms. The molecule has 3 aromatic rings. The zero-order valence-corrected chi connectivity index (χ0v) is 24.8. The number of hydrogen-bond donors (Lipinski definition) is 1. The highest BCUT2D eigenvalue weighted by Gasteiger charge is 2.30. The fraction of sp³-hybridized carbons (Fsp3) is 0.312. The summed E-state index contributed by atoms with van der Waals surface area (Å²) in [6.07, 6.45) is 1.86. The normalized spacial score (nSPS) is 17.4. The van der Waals surface area contributed by atoms with Crippen molar-refractivity contribution in [1.82, 2.24) is 4.90 Å². The summed E-state index contributed by atoms with van der Waals surface area (Å²) in [5, 5.41) is 0. The van der Waals surface area contributed by atoms with Gasteiger partial charge in [0.05, 0.1) is 50.5 Å². The largest absolute Gasteiger partial charge is 0.493 e. The van der Waals surface area contributed by atoms with E-state index in [0.29, 0.717) is 41.7 Å². The summed E-state index contributed by atoms with van der Waals surface area (Å²) in [5.41, 5.74) is 3.37. The van der Waals surface area contributed by atoms with Crippen molar-refractivity contribution in [3.63, 3.8) is 0 Å². The van der Waals surface area contributed by atoms with Gasteiger partial charge in [-0.05, 0) is 67.1 Å². The van der Waals surface area contributed by atoms with Gasteiger partial charge in [0.2, 0.25) is 6.79 Å². The van der Waals surface area contributed by atoms with Crippen molar-refractivity contribution >= 4 is 35.3 Å². The first-order valence-electron chi connectivity index (χ1n) is 14.1. The summed E-state index contributed by atoms with van der Waals surface area (Å²) >= 11 is 1.41. The van der Waals surface area contributed by atoms with Gasteiger partial charge in [0.25, 0.3) is 11.8 Å². The minimum absolute atomic E-state index is 0.00593. The molecular formula is C32H34N3O6S+. The van der Waals surface area contributed by atoms with Crippen molar-refractivity contribution in [2.75, 3.05) is 58.6 Å². The lowest BCUT2D eigenvalue weighted by Crippen LogP contribution is -3.13. The molecule has 10 heteroatoms. The first-order valence-corrected chi connectivity index (χ1v) is 14.9. The highest BCUT2D eigenvalue weighted by Crippen LogP contribution is 2.42. The van der Waals surface area contributed by atoms with Gasteiger partial charge in [0.1, 0.15) is 6.54 Å². The maximum Gasteiger partial charge on any atom is 0.264 e. The summed E-state index contributed by atoms with van der Waals surface area (Å²) in [6.45, 7) is 6.69. The second kappa shape index (κ2) is 12.0. The van der Waals surface area contributed by atoms with Crippen LogP contribution in [0.4, 0.5) is 5.69 Å². The minimum Gasteiger partial charge on any atom is -0.493 e. The number of anilines is 1. The number of hydrogen-bond acceptors (Lipinski definition) is 7. The van der Waals surface area contributed by atoms with E-state index in [0.717, 1.165) is 47.3 Å². The quantitative estimate of drug-likeness (QED) is 0.424. The SMILES string of the molecule is CCOc1ccc(C=C2Sc3ccc(C(=O)N4CC[NH+](Cc5ccc6c(c5)OCO6)CC4)cc3N(C)C2=O)cc1OC. The Kier molecular flexibility index (Phi) is 7.99. The Morgan fingerprint density at radius 3 is 2.62 bits per heavy atom. The average Bonchev–Trinajstić information content (AvgIpc) is 3.48. The standard InChI is InChI=1S/C32H33N3O6S/c1-4-39-25-8-5-21(15-27(25)38-3)17-30-32(37)33(2)24-18-23(7-10-29(24)42-30)31(36)35-13-11-34(12-14-35)19-22-6-9-26-28(16-22)41-20-40-26/h5-10,15-18H,4,11-14,19-20H2,1-3H3/p+1. The number of thioether (sulfide) groups is 1. The molecule has 3 heterocycles. The predicted octanol–water partition coefficient (Wildman–Crippen LogP) is 3.47. The number of piperazine rings is 1. The van der Waals surface area contributed by atoms with Gasteiger partial charge in [-0.3, -0.25) is 9.59 Å². The predicted molar refractivity (Wildman–Crippen MR) is 161 cm³/mol. The summed E-state index contributed by atoms with van der Waals surface area (Å²) in [6, 6.07) is 17.3. The third kappa shape index (κ3) is 5.64. The van der Waals surface area contributed by atoms with E-state index >= 15 is 0 Å². The topological polar surface area (TPSA) is 82.0 Å². The Bertz CT molecular complexity index is 1550. The molecule has 0 aliphatic carbocycles. The van der Waals surface area contributed by atoms with E-state index in [4.69, 9.17) is 18.9 Å². The van der Waals surface area contributed by atoms with Crippen LogP contribution in [0.15, 0.2) is 64.4 Å². The number of amides is 2. The fourth-order valence-electron chi connectivity index (χ4n) is 5.45. The van der Waals surface area contributed by atoms with Crippen molar-refractivity contribution in [1.29, 1.82) is 0 Å². The average molecular weight is 589 g/mol. The van der Waals surface area contributed by atoms with Crippen molar-refractivity contribution in [2.45, 2.75) is 18.4 Å². The van der Waals surface area contributed by atoms with Crippen molar-refractivity contribution in [2.24, 2.45) is 0 Å². The molecule has 0 saturated carbocycles. The smallest absolute Gasteiger partial charge is 0.264 e. The number of carbonyl (C=O) groups is 2. The summed E-state index contributed by atoms with van der Waals surface area (Å²) in [5.74, 6) is 2.75. The molecule has 3 aliphatic heterocycles. The van der Waals surface area contributed by atoms with Crippen LogP contribution in [0.2, 0.25) is 0 Å². The van der Waals surface area contributed by atoms with Crippen molar-refractivity contribution in [3.05, 3.63) is 76.2 Å². The van der Waals surface area contributed by atoms with Crippen molar-refractivity contribution in [3.8, 4) is 23.0 Å². The number of methoxy groups -OCH3 is 1. The Morgan fingerprint density at radius 1 is 1.02 bits per heavy atom. The molecule has 2 amide bonds. The van der Waals surface area contributed by atoms with Gasteiger partial charge in [0.15, 0.2) is 23.0 Å². The van der Waals surface area contributed by atoms with E-state index in [9.17, 15) is 9.59 Å². The number of rotatable bonds is 7. The number of likely N-dealkylation sites (N-methyl/N-ethyl adjacent to an activating group) is 1. The van der Waals surface area contributed by atoms with E-state index in [-0.39, 0.29) is 18.6 Å². The van der Waals surface area contributed by atoms with Crippen LogP contribution in [0.25, 0.3) is 6.08 Å². The number of nitrogens with one attached hydrogen (secondary N) is 1. The lowest BCUT2D eigenvalue weighted by atomic mass is 10.1. The molecule has 0 radical (unpaired) electrons. The number of carbonyl (C=O) groups excluding carboxylic acids is 2. The van der Waals surface area contributed by atoms with Gasteiger partial charge in [-0.25, -0.2) is 0 Å². The maximum atomic E-state index is 13.4. The van der Waals surface area contributed by atoms with Crippen molar-refractivity contribution < 1.29 is 33.4 Å². The molecule has 3 aromatic carbocycles. The molecule has 1 N–H and O–H groups in total. The summed E-state index contributed by atoms with van der Waals surface area (Å²) in [7, 11) is 3.35. The molecule has 0 unspecified atom stereocenters. The molecule has 0 atom stereocenters. The van der Waals surface area contributed by atoms with Gasteiger partial charge in [-0.2, -0.15) is 0 Å². The third-order valence-electron chi connectivity index (χ3n) is 7.74. The van der Waals surface area contributed by atoms with Crippen LogP contribution in [0.5, 0.6) is 23.0 Å². The van der Waals surface area contributed by atoms with Gasteiger partial charge in [-0.15, -0.1) is 0 Å². The van der Waals surface area contributed by atoms with Crippen LogP contribution >= 0.6 is 11.8 Å². The second-order valence-electron chi connectivity index (χ2n) is 10.4. The van der Waals surface area contributed by atoms with Gasteiger partial charge in [-0.1, -0.05) is 17.8 Å². The molecule has 9 nitrogen and oxygen atoms in total. The van der Waals surface area contributed by atoms with E-state index in [1.54, 1.807) is 19.1 Å². The maximum absolute atomic E-state index is 13.4. The first-order chi connectivity index (χ1) is 20.4. The minimum atomic E-state index is -0.120. The van der Waals surface area contributed by atoms with Gasteiger partial charge < -0.3 is 33.6 Å². The Labute approximate surface area is 249 Å². The summed E-state index contributed by atoms with van der Waals surface area (Å²) in [4.78, 5) is 33.2. The Morgan fingerprint density at radius 2 is 1.83 bits per heavy atom. The highest BCUT2D eigenvalue weighted by atomic mass is 32.2. The van der Waals surface area contributed by atoms with Gasteiger partial charge >= 0.3 is 0 Å². The molecule has 3 aliphatic rings. The molecule has 218 valence electrons. The monoisotopic (exact) mass is 588 g/mol. The van der Waals surface area contributed by atoms with Gasteiger partial charge in [0, 0.05) is 23.1 Å². The molecule has 0 bridgehead atoms. The summed E-state index contributed by atoms with van der Waals surface area (Å²) < 4.78 is 22.0. The number of ether oxygens (including phenoxy) is 4.